The zero-order valence-corrected chi connectivity index (χ0v) is 11.6. The minimum Gasteiger partial charge on any atom is -0.329 e. The standard InChI is InChI=1S/C12H25N3S/c1-10-8-14(3)5-6-15(10)12(9-13)4-7-16-11(12)2/h10-11H,4-9,13H2,1-3H3. The van der Waals surface area contributed by atoms with Gasteiger partial charge in [0, 0.05) is 43.0 Å². The van der Waals surface area contributed by atoms with E-state index in [1.807, 2.05) is 0 Å². The van der Waals surface area contributed by atoms with Crippen LogP contribution in [0.25, 0.3) is 0 Å². The Morgan fingerprint density at radius 3 is 2.62 bits per heavy atom. The van der Waals surface area contributed by atoms with Crippen LogP contribution in [0.15, 0.2) is 0 Å². The minimum atomic E-state index is 0.269. The van der Waals surface area contributed by atoms with Gasteiger partial charge in [0.1, 0.15) is 0 Å². The average Bonchev–Trinajstić information content (AvgIpc) is 2.61. The molecule has 0 aromatic rings. The van der Waals surface area contributed by atoms with E-state index in [4.69, 9.17) is 5.73 Å². The second-order valence-corrected chi connectivity index (χ2v) is 6.82. The van der Waals surface area contributed by atoms with Gasteiger partial charge in [-0.25, -0.2) is 0 Å². The Kier molecular flexibility index (Phi) is 3.84. The molecular weight excluding hydrogens is 218 g/mol. The Hall–Kier alpha value is 0.230. The van der Waals surface area contributed by atoms with Gasteiger partial charge in [-0.15, -0.1) is 0 Å². The molecule has 0 radical (unpaired) electrons. The Balaban J connectivity index is 2.15. The molecule has 2 fully saturated rings. The molecule has 3 atom stereocenters. The summed E-state index contributed by atoms with van der Waals surface area (Å²) in [5.41, 5.74) is 6.39. The maximum absolute atomic E-state index is 6.12. The zero-order chi connectivity index (χ0) is 11.8. The fourth-order valence-corrected chi connectivity index (χ4v) is 4.82. The smallest absolute Gasteiger partial charge is 0.0459 e. The highest BCUT2D eigenvalue weighted by Crippen LogP contribution is 2.41. The van der Waals surface area contributed by atoms with Crippen LogP contribution < -0.4 is 5.73 Å². The van der Waals surface area contributed by atoms with Crippen molar-refractivity contribution in [2.45, 2.75) is 37.1 Å². The summed E-state index contributed by atoms with van der Waals surface area (Å²) < 4.78 is 0. The summed E-state index contributed by atoms with van der Waals surface area (Å²) in [6.07, 6.45) is 1.27. The van der Waals surface area contributed by atoms with Crippen molar-refractivity contribution < 1.29 is 0 Å². The summed E-state index contributed by atoms with van der Waals surface area (Å²) in [5.74, 6) is 1.28. The second-order valence-electron chi connectivity index (χ2n) is 5.38. The van der Waals surface area contributed by atoms with Gasteiger partial charge in [0.25, 0.3) is 0 Å². The number of likely N-dealkylation sites (N-methyl/N-ethyl adjacent to an activating group) is 1. The Bertz CT molecular complexity index is 248. The van der Waals surface area contributed by atoms with Crippen LogP contribution in [0.3, 0.4) is 0 Å². The van der Waals surface area contributed by atoms with E-state index in [1.165, 1.54) is 31.8 Å². The quantitative estimate of drug-likeness (QED) is 0.779. The van der Waals surface area contributed by atoms with Gasteiger partial charge in [0.2, 0.25) is 0 Å². The molecule has 2 N–H and O–H groups in total. The van der Waals surface area contributed by atoms with E-state index < -0.39 is 0 Å². The molecule has 2 saturated heterocycles. The molecule has 0 aliphatic carbocycles. The predicted octanol–water partition coefficient (Wildman–Crippen LogP) is 0.845. The van der Waals surface area contributed by atoms with Crippen LogP contribution in [0.4, 0.5) is 0 Å². The molecule has 0 aromatic heterocycles. The van der Waals surface area contributed by atoms with Gasteiger partial charge in [0.15, 0.2) is 0 Å². The van der Waals surface area contributed by atoms with Crippen LogP contribution in [0.1, 0.15) is 20.3 Å². The summed E-state index contributed by atoms with van der Waals surface area (Å²) in [7, 11) is 2.22. The third-order valence-corrected chi connectivity index (χ3v) is 5.79. The Morgan fingerprint density at radius 2 is 2.12 bits per heavy atom. The third kappa shape index (κ3) is 2.01. The Morgan fingerprint density at radius 1 is 1.38 bits per heavy atom. The number of piperazine rings is 1. The molecule has 94 valence electrons. The third-order valence-electron chi connectivity index (χ3n) is 4.42. The highest BCUT2D eigenvalue weighted by molar-refractivity contribution is 8.00. The van der Waals surface area contributed by atoms with Crippen LogP contribution >= 0.6 is 11.8 Å². The van der Waals surface area contributed by atoms with Crippen molar-refractivity contribution in [3.8, 4) is 0 Å². The first kappa shape index (κ1) is 12.7. The van der Waals surface area contributed by atoms with Gasteiger partial charge in [-0.2, -0.15) is 11.8 Å². The van der Waals surface area contributed by atoms with Gasteiger partial charge >= 0.3 is 0 Å². The molecular formula is C12H25N3S. The molecule has 2 rings (SSSR count). The van der Waals surface area contributed by atoms with Gasteiger partial charge in [-0.1, -0.05) is 6.92 Å². The first-order chi connectivity index (χ1) is 7.60. The van der Waals surface area contributed by atoms with Gasteiger partial charge in [-0.05, 0) is 26.1 Å². The molecule has 0 amide bonds. The van der Waals surface area contributed by atoms with Crippen LogP contribution in [0, 0.1) is 0 Å². The first-order valence-electron chi connectivity index (χ1n) is 6.37. The second kappa shape index (κ2) is 4.84. The van der Waals surface area contributed by atoms with E-state index in [9.17, 15) is 0 Å². The summed E-state index contributed by atoms with van der Waals surface area (Å²) in [6, 6.07) is 0.642. The number of hydrogen-bond acceptors (Lipinski definition) is 4. The van der Waals surface area contributed by atoms with Crippen molar-refractivity contribution in [3.05, 3.63) is 0 Å². The van der Waals surface area contributed by atoms with Crippen molar-refractivity contribution in [3.63, 3.8) is 0 Å². The number of nitrogens with zero attached hydrogens (tertiary/aromatic N) is 2. The summed E-state index contributed by atoms with van der Waals surface area (Å²) in [5, 5.41) is 0.684. The largest absolute Gasteiger partial charge is 0.329 e. The van der Waals surface area contributed by atoms with E-state index in [0.717, 1.165) is 6.54 Å². The molecule has 2 heterocycles. The van der Waals surface area contributed by atoms with E-state index in [2.05, 4.69) is 42.5 Å². The van der Waals surface area contributed by atoms with Crippen molar-refractivity contribution >= 4 is 11.8 Å². The molecule has 0 bridgehead atoms. The van der Waals surface area contributed by atoms with E-state index in [-0.39, 0.29) is 5.54 Å². The lowest BCUT2D eigenvalue weighted by Gasteiger charge is -2.50. The summed E-state index contributed by atoms with van der Waals surface area (Å²) >= 11 is 2.09. The molecule has 0 spiro atoms. The lowest BCUT2D eigenvalue weighted by atomic mass is 9.88. The van der Waals surface area contributed by atoms with Crippen LogP contribution in [0.5, 0.6) is 0 Å². The summed E-state index contributed by atoms with van der Waals surface area (Å²) in [4.78, 5) is 5.12. The van der Waals surface area contributed by atoms with Crippen LogP contribution in [-0.4, -0.2) is 65.6 Å². The van der Waals surface area contributed by atoms with Crippen LogP contribution in [0.2, 0.25) is 0 Å². The normalized spacial score (nSPS) is 42.8. The number of thioether (sulfide) groups is 1. The molecule has 0 saturated carbocycles. The highest BCUT2D eigenvalue weighted by Gasteiger charge is 2.47. The number of rotatable bonds is 2. The molecule has 3 nitrogen and oxygen atoms in total. The van der Waals surface area contributed by atoms with Gasteiger partial charge < -0.3 is 10.6 Å². The van der Waals surface area contributed by atoms with Crippen molar-refractivity contribution in [2.24, 2.45) is 5.73 Å². The molecule has 2 aliphatic heterocycles. The van der Waals surface area contributed by atoms with Crippen LogP contribution in [-0.2, 0) is 0 Å². The molecule has 0 aromatic carbocycles. The maximum atomic E-state index is 6.12. The van der Waals surface area contributed by atoms with Gasteiger partial charge in [0.05, 0.1) is 0 Å². The fraction of sp³-hybridized carbons (Fsp3) is 1.00. The SMILES string of the molecule is CC1CN(C)CCN1C1(CN)CCSC1C. The fourth-order valence-electron chi connectivity index (χ4n) is 3.33. The van der Waals surface area contributed by atoms with Crippen molar-refractivity contribution in [1.82, 2.24) is 9.80 Å². The molecule has 4 heteroatoms. The highest BCUT2D eigenvalue weighted by atomic mass is 32.2. The number of hydrogen-bond donors (Lipinski definition) is 1. The lowest BCUT2D eigenvalue weighted by molar-refractivity contribution is 0.00561. The molecule has 2 aliphatic rings. The zero-order valence-electron chi connectivity index (χ0n) is 10.8. The molecule has 3 unspecified atom stereocenters. The lowest BCUT2D eigenvalue weighted by Crippen LogP contribution is -2.65. The molecule has 16 heavy (non-hydrogen) atoms. The topological polar surface area (TPSA) is 32.5 Å². The number of nitrogens with two attached hydrogens (primary N) is 1. The minimum absolute atomic E-state index is 0.269. The maximum Gasteiger partial charge on any atom is 0.0459 e. The van der Waals surface area contributed by atoms with E-state index in [0.29, 0.717) is 11.3 Å². The van der Waals surface area contributed by atoms with Crippen molar-refractivity contribution in [2.75, 3.05) is 39.0 Å². The first-order valence-corrected chi connectivity index (χ1v) is 7.42. The van der Waals surface area contributed by atoms with Gasteiger partial charge in [-0.3, -0.25) is 4.90 Å². The predicted molar refractivity (Wildman–Crippen MR) is 72.0 cm³/mol. The Labute approximate surface area is 104 Å². The van der Waals surface area contributed by atoms with Crippen molar-refractivity contribution in [1.29, 1.82) is 0 Å². The monoisotopic (exact) mass is 243 g/mol. The van der Waals surface area contributed by atoms with E-state index >= 15 is 0 Å². The summed E-state index contributed by atoms with van der Waals surface area (Å²) in [6.45, 7) is 9.07. The van der Waals surface area contributed by atoms with E-state index in [1.54, 1.807) is 0 Å². The average molecular weight is 243 g/mol.